The third-order valence-electron chi connectivity index (χ3n) is 3.53. The maximum Gasteiger partial charge on any atom is 0.412 e. The lowest BCUT2D eigenvalue weighted by Gasteiger charge is -2.19. The highest BCUT2D eigenvalue weighted by Gasteiger charge is 2.18. The van der Waals surface area contributed by atoms with E-state index >= 15 is 0 Å². The minimum Gasteiger partial charge on any atom is -0.455 e. The molecule has 146 valence electrons. The van der Waals surface area contributed by atoms with Gasteiger partial charge in [-0.25, -0.2) is 19.2 Å². The molecule has 1 aromatic carbocycles. The number of amides is 1. The number of hydrogen-bond donors (Lipinski definition) is 2. The second-order valence-electron chi connectivity index (χ2n) is 7.03. The van der Waals surface area contributed by atoms with Gasteiger partial charge in [-0.05, 0) is 39.8 Å². The van der Waals surface area contributed by atoms with Crippen LogP contribution in [0.25, 0.3) is 11.2 Å². The average molecular weight is 386 g/mol. The molecule has 3 rings (SSSR count). The minimum atomic E-state index is -0.760. The summed E-state index contributed by atoms with van der Waals surface area (Å²) in [7, 11) is 0. The van der Waals surface area contributed by atoms with E-state index in [9.17, 15) is 14.0 Å². The summed E-state index contributed by atoms with van der Waals surface area (Å²) >= 11 is 0. The number of carbonyl (C=O) groups is 1. The zero-order chi connectivity index (χ0) is 20.5. The first kappa shape index (κ1) is 19.3. The van der Waals surface area contributed by atoms with Crippen molar-refractivity contribution in [1.29, 1.82) is 0 Å². The van der Waals surface area contributed by atoms with Crippen molar-refractivity contribution < 1.29 is 18.7 Å². The lowest BCUT2D eigenvalue weighted by atomic mass is 10.2. The smallest absolute Gasteiger partial charge is 0.412 e. The number of H-pyrrole nitrogens is 1. The predicted octanol–water partition coefficient (Wildman–Crippen LogP) is 3.90. The fraction of sp³-hybridized carbons (Fsp3) is 0.263. The molecular formula is C19H19FN4O4. The van der Waals surface area contributed by atoms with Crippen molar-refractivity contribution >= 4 is 22.9 Å². The van der Waals surface area contributed by atoms with Gasteiger partial charge < -0.3 is 14.5 Å². The summed E-state index contributed by atoms with van der Waals surface area (Å²) in [5.41, 5.74) is -0.223. The standard InChI is InChI=1S/C19H19FN4O4/c1-10-17(25)24-16-15(22-10)14(7-8-21-16)27-11-5-6-13(12(20)9-11)23-18(26)28-19(2,3)4/h5-9H,1-4H3,(H,23,26)(H,21,24,25). The van der Waals surface area contributed by atoms with E-state index < -0.39 is 17.5 Å². The number of rotatable bonds is 3. The Labute approximate surface area is 159 Å². The van der Waals surface area contributed by atoms with Crippen LogP contribution >= 0.6 is 0 Å². The van der Waals surface area contributed by atoms with Gasteiger partial charge in [0.15, 0.2) is 17.2 Å². The fourth-order valence-corrected chi connectivity index (χ4v) is 2.34. The van der Waals surface area contributed by atoms with E-state index in [4.69, 9.17) is 9.47 Å². The number of carbonyl (C=O) groups excluding carboxylic acids is 1. The maximum atomic E-state index is 14.4. The van der Waals surface area contributed by atoms with Crippen molar-refractivity contribution in [3.63, 3.8) is 0 Å². The van der Waals surface area contributed by atoms with Crippen LogP contribution in [0.4, 0.5) is 14.9 Å². The summed E-state index contributed by atoms with van der Waals surface area (Å²) in [6.07, 6.45) is 0.684. The second-order valence-corrected chi connectivity index (χ2v) is 7.03. The number of halogens is 1. The number of hydrogen-bond acceptors (Lipinski definition) is 6. The summed E-state index contributed by atoms with van der Waals surface area (Å²) in [5, 5.41) is 2.35. The van der Waals surface area contributed by atoms with E-state index in [0.29, 0.717) is 11.3 Å². The van der Waals surface area contributed by atoms with Gasteiger partial charge in [-0.15, -0.1) is 0 Å². The number of nitrogens with zero attached hydrogens (tertiary/aromatic N) is 2. The molecule has 0 bridgehead atoms. The molecule has 2 aromatic heterocycles. The Kier molecular flexibility index (Phi) is 5.00. The van der Waals surface area contributed by atoms with Gasteiger partial charge in [-0.1, -0.05) is 0 Å². The van der Waals surface area contributed by atoms with E-state index in [1.165, 1.54) is 18.3 Å². The van der Waals surface area contributed by atoms with Gasteiger partial charge >= 0.3 is 6.09 Å². The summed E-state index contributed by atoms with van der Waals surface area (Å²) in [6.45, 7) is 6.69. The Bertz CT molecular complexity index is 1110. The third-order valence-corrected chi connectivity index (χ3v) is 3.53. The third kappa shape index (κ3) is 4.43. The quantitative estimate of drug-likeness (QED) is 0.707. The SMILES string of the molecule is Cc1nc2c(Oc3ccc(NC(=O)OC(C)(C)C)c(F)c3)ccnc2[nH]c1=O. The first-order chi connectivity index (χ1) is 13.1. The number of nitrogens with one attached hydrogen (secondary N) is 2. The summed E-state index contributed by atoms with van der Waals surface area (Å²) < 4.78 is 25.2. The van der Waals surface area contributed by atoms with Gasteiger partial charge in [-0.3, -0.25) is 10.1 Å². The molecule has 28 heavy (non-hydrogen) atoms. The molecule has 0 spiro atoms. The van der Waals surface area contributed by atoms with Gasteiger partial charge in [0.05, 0.1) is 5.69 Å². The van der Waals surface area contributed by atoms with Crippen LogP contribution in [-0.2, 0) is 4.74 Å². The van der Waals surface area contributed by atoms with Crippen LogP contribution in [0, 0.1) is 12.7 Å². The van der Waals surface area contributed by atoms with Crippen molar-refractivity contribution in [3.05, 3.63) is 52.3 Å². The highest BCUT2D eigenvalue weighted by Crippen LogP contribution is 2.29. The molecule has 0 aliphatic carbocycles. The van der Waals surface area contributed by atoms with Crippen LogP contribution < -0.4 is 15.6 Å². The number of fused-ring (bicyclic) bond motifs is 1. The zero-order valence-corrected chi connectivity index (χ0v) is 15.8. The van der Waals surface area contributed by atoms with Gasteiger partial charge in [0.1, 0.15) is 22.6 Å². The van der Waals surface area contributed by atoms with Crippen LogP contribution in [0.2, 0.25) is 0 Å². The van der Waals surface area contributed by atoms with Crippen molar-refractivity contribution in [1.82, 2.24) is 15.0 Å². The largest absolute Gasteiger partial charge is 0.455 e. The molecule has 9 heteroatoms. The molecule has 0 fully saturated rings. The lowest BCUT2D eigenvalue weighted by Crippen LogP contribution is -2.27. The van der Waals surface area contributed by atoms with E-state index in [2.05, 4.69) is 20.3 Å². The Morgan fingerprint density at radius 1 is 1.25 bits per heavy atom. The van der Waals surface area contributed by atoms with Crippen LogP contribution in [-0.4, -0.2) is 26.6 Å². The van der Waals surface area contributed by atoms with Crippen molar-refractivity contribution in [2.75, 3.05) is 5.32 Å². The van der Waals surface area contributed by atoms with Crippen molar-refractivity contribution in [2.45, 2.75) is 33.3 Å². The Hall–Kier alpha value is -3.49. The van der Waals surface area contributed by atoms with Crippen LogP contribution in [0.3, 0.4) is 0 Å². The molecule has 2 heterocycles. The molecule has 0 radical (unpaired) electrons. The van der Waals surface area contributed by atoms with Gasteiger partial charge in [0.25, 0.3) is 5.56 Å². The predicted molar refractivity (Wildman–Crippen MR) is 101 cm³/mol. The van der Waals surface area contributed by atoms with E-state index in [-0.39, 0.29) is 28.3 Å². The topological polar surface area (TPSA) is 106 Å². The van der Waals surface area contributed by atoms with Crippen molar-refractivity contribution in [3.8, 4) is 11.5 Å². The molecule has 3 aromatic rings. The van der Waals surface area contributed by atoms with Crippen LogP contribution in [0.15, 0.2) is 35.3 Å². The Morgan fingerprint density at radius 2 is 2.00 bits per heavy atom. The first-order valence-electron chi connectivity index (χ1n) is 8.45. The number of anilines is 1. The molecule has 0 atom stereocenters. The maximum absolute atomic E-state index is 14.4. The number of benzene rings is 1. The molecule has 0 saturated carbocycles. The Balaban J connectivity index is 1.84. The molecular weight excluding hydrogens is 367 g/mol. The monoisotopic (exact) mass is 386 g/mol. The molecule has 0 aliphatic rings. The van der Waals surface area contributed by atoms with E-state index in [0.717, 1.165) is 6.07 Å². The van der Waals surface area contributed by atoms with Crippen molar-refractivity contribution in [2.24, 2.45) is 0 Å². The second kappa shape index (κ2) is 7.26. The summed E-state index contributed by atoms with van der Waals surface area (Å²) in [5.74, 6) is -0.207. The summed E-state index contributed by atoms with van der Waals surface area (Å²) in [6, 6.07) is 5.52. The summed E-state index contributed by atoms with van der Waals surface area (Å²) in [4.78, 5) is 34.3. The normalized spacial score (nSPS) is 11.3. The lowest BCUT2D eigenvalue weighted by molar-refractivity contribution is 0.0635. The number of aromatic nitrogens is 3. The number of aryl methyl sites for hydroxylation is 1. The molecule has 0 saturated heterocycles. The molecule has 8 nitrogen and oxygen atoms in total. The van der Waals surface area contributed by atoms with E-state index in [1.54, 1.807) is 33.8 Å². The highest BCUT2D eigenvalue weighted by molar-refractivity contribution is 5.85. The first-order valence-corrected chi connectivity index (χ1v) is 8.45. The van der Waals surface area contributed by atoms with Crippen LogP contribution in [0.1, 0.15) is 26.5 Å². The van der Waals surface area contributed by atoms with Gasteiger partial charge in [-0.2, -0.15) is 0 Å². The van der Waals surface area contributed by atoms with E-state index in [1.807, 2.05) is 0 Å². The van der Waals surface area contributed by atoms with Gasteiger partial charge in [0, 0.05) is 18.3 Å². The van der Waals surface area contributed by atoms with Crippen LogP contribution in [0.5, 0.6) is 11.5 Å². The number of pyridine rings is 1. The average Bonchev–Trinajstić information content (AvgIpc) is 2.57. The highest BCUT2D eigenvalue weighted by atomic mass is 19.1. The molecule has 2 N–H and O–H groups in total. The molecule has 1 amide bonds. The Morgan fingerprint density at radius 3 is 2.68 bits per heavy atom. The number of aromatic amines is 1. The van der Waals surface area contributed by atoms with Gasteiger partial charge in [0.2, 0.25) is 0 Å². The zero-order valence-electron chi connectivity index (χ0n) is 15.8. The number of ether oxygens (including phenoxy) is 2. The minimum absolute atomic E-state index is 0.0421. The molecule has 0 unspecified atom stereocenters. The molecule has 0 aliphatic heterocycles. The fourth-order valence-electron chi connectivity index (χ4n) is 2.34.